The first kappa shape index (κ1) is 44.6. The summed E-state index contributed by atoms with van der Waals surface area (Å²) in [6, 6.07) is 33.3. The minimum Gasteiger partial charge on any atom is -1.00 e. The van der Waals surface area contributed by atoms with E-state index in [-0.39, 0.29) is 120 Å². The molecule has 0 aliphatic heterocycles. The number of phenolic OH excluding ortho intramolecular Hbond substituents is 1. The second kappa shape index (κ2) is 25.6. The number of ether oxygens (including phenoxy) is 2. The molecule has 0 aliphatic rings. The molecular formula is C31H22Br2Cl2F2K2O6. The van der Waals surface area contributed by atoms with Crippen LogP contribution in [0.2, 0.25) is 10.0 Å². The van der Waals surface area contributed by atoms with E-state index in [1.165, 1.54) is 0 Å². The van der Waals surface area contributed by atoms with Crippen LogP contribution in [-0.2, 0) is 9.68 Å². The van der Waals surface area contributed by atoms with Gasteiger partial charge in [0.15, 0.2) is 0 Å². The fraction of sp³-hybridized carbons (Fsp3) is 0. The van der Waals surface area contributed by atoms with E-state index >= 15 is 0 Å². The minimum atomic E-state index is -0.690. The minimum absolute atomic E-state index is 0. The topological polar surface area (TPSA) is 88.1 Å². The maximum atomic E-state index is 12.5. The third kappa shape index (κ3) is 18.1. The molecule has 1 N–H and O–H groups in total. The summed E-state index contributed by atoms with van der Waals surface area (Å²) in [7, 11) is 0. The second-order valence-corrected chi connectivity index (χ2v) is 10.2. The van der Waals surface area contributed by atoms with E-state index in [1.54, 1.807) is 36.4 Å². The molecule has 6 nitrogen and oxygen atoms in total. The van der Waals surface area contributed by atoms with Crippen LogP contribution in [-0.4, -0.2) is 11.6 Å². The van der Waals surface area contributed by atoms with Gasteiger partial charge < -0.3 is 26.2 Å². The summed E-state index contributed by atoms with van der Waals surface area (Å²) in [6.45, 7) is -0.181. The molecular weight excluding hydrogens is 815 g/mol. The Labute approximate surface area is 372 Å². The number of para-hydroxylation sites is 3. The van der Waals surface area contributed by atoms with Crippen molar-refractivity contribution in [2.45, 2.75) is 0 Å². The van der Waals surface area contributed by atoms with Gasteiger partial charge in [0.1, 0.15) is 44.9 Å². The number of benzene rings is 5. The molecule has 0 aromatic heterocycles. The van der Waals surface area contributed by atoms with Gasteiger partial charge in [0.2, 0.25) is 0 Å². The van der Waals surface area contributed by atoms with Crippen LogP contribution in [0.4, 0.5) is 8.78 Å². The van der Waals surface area contributed by atoms with Crippen molar-refractivity contribution in [3.8, 4) is 28.7 Å². The Morgan fingerprint density at radius 3 is 1.31 bits per heavy atom. The fourth-order valence-electron chi connectivity index (χ4n) is 2.87. The fourth-order valence-corrected chi connectivity index (χ4v) is 3.88. The van der Waals surface area contributed by atoms with Crippen LogP contribution in [0.5, 0.6) is 28.7 Å². The SMILES string of the molecule is Clc1cc(Oc2ccccc2)c(Br)c(Oc2ccccc2)c1.Fc1cc(Cl)cc(F)c1Br.O=CO[O-].Oc1ccccc1.[H-].[K+].[K+]. The zero-order valence-electron chi connectivity index (χ0n) is 24.8. The standard InChI is InChI=1S/C18H12BrClO2.C6H2BrClF2.C6H6O.CH2O3.2K.H/c19-18-16(21-14-7-3-1-4-8-14)11-13(20)12-17(18)22-15-9-5-2-6-10-15;7-6-4(9)1-3(8)2-5(6)10;7-6-4-2-1-3-5-6;2-1-4-3;;;/h1-12H;1-2H;1-5,7H;1,3H;;;/q;;;;2*+1;-1/p-1. The summed E-state index contributed by atoms with van der Waals surface area (Å²) in [4.78, 5) is 11.2. The molecule has 0 fully saturated rings. The first-order valence-electron chi connectivity index (χ1n) is 11.9. The molecule has 0 heterocycles. The first-order valence-corrected chi connectivity index (χ1v) is 14.2. The zero-order chi connectivity index (χ0) is 31.6. The summed E-state index contributed by atoms with van der Waals surface area (Å²) >= 11 is 17.7. The van der Waals surface area contributed by atoms with Crippen molar-refractivity contribution in [1.29, 1.82) is 0 Å². The van der Waals surface area contributed by atoms with E-state index < -0.39 is 11.6 Å². The van der Waals surface area contributed by atoms with E-state index in [0.29, 0.717) is 26.7 Å². The zero-order valence-corrected chi connectivity index (χ0v) is 34.7. The van der Waals surface area contributed by atoms with Crippen molar-refractivity contribution < 1.29 is 142 Å². The van der Waals surface area contributed by atoms with Gasteiger partial charge in [0.05, 0.1) is 4.47 Å². The van der Waals surface area contributed by atoms with Crippen LogP contribution in [0.25, 0.3) is 0 Å². The summed E-state index contributed by atoms with van der Waals surface area (Å²) in [5.74, 6) is 1.61. The van der Waals surface area contributed by atoms with Crippen molar-refractivity contribution >= 4 is 61.5 Å². The molecule has 5 aromatic rings. The van der Waals surface area contributed by atoms with Gasteiger partial charge in [-0.1, -0.05) is 77.8 Å². The van der Waals surface area contributed by atoms with Crippen LogP contribution in [0.1, 0.15) is 1.43 Å². The monoisotopic (exact) mass is 834 g/mol. The van der Waals surface area contributed by atoms with Gasteiger partial charge in [-0.25, -0.2) is 8.78 Å². The number of halogens is 6. The van der Waals surface area contributed by atoms with Crippen molar-refractivity contribution in [3.63, 3.8) is 0 Å². The normalized spacial score (nSPS) is 9.04. The molecule has 0 amide bonds. The number of carbonyl (C=O) groups is 1. The smallest absolute Gasteiger partial charge is 1.00 e. The summed E-state index contributed by atoms with van der Waals surface area (Å²) < 4.78 is 37.2. The molecule has 0 radical (unpaired) electrons. The number of hydrogen-bond donors (Lipinski definition) is 1. The van der Waals surface area contributed by atoms with Crippen molar-refractivity contribution in [1.82, 2.24) is 0 Å². The third-order valence-electron chi connectivity index (χ3n) is 4.66. The van der Waals surface area contributed by atoms with Gasteiger partial charge in [-0.15, -0.1) is 0 Å². The Morgan fingerprint density at radius 1 is 0.667 bits per heavy atom. The molecule has 5 rings (SSSR count). The van der Waals surface area contributed by atoms with Crippen LogP contribution >= 0.6 is 55.1 Å². The molecule has 0 unspecified atom stereocenters. The number of carbonyl (C=O) groups excluding carboxylic acids is 1. The van der Waals surface area contributed by atoms with E-state index in [0.717, 1.165) is 23.6 Å². The summed E-state index contributed by atoms with van der Waals surface area (Å²) in [5, 5.41) is 17.7. The summed E-state index contributed by atoms with van der Waals surface area (Å²) in [5.41, 5.74) is 0. The Morgan fingerprint density at radius 2 is 1.00 bits per heavy atom. The molecule has 5 aromatic carbocycles. The van der Waals surface area contributed by atoms with Crippen molar-refractivity contribution in [2.75, 3.05) is 0 Å². The molecule has 0 bridgehead atoms. The number of aromatic hydroxyl groups is 1. The van der Waals surface area contributed by atoms with Gasteiger partial charge in [0, 0.05) is 22.2 Å². The Hall–Kier alpha value is -0.397. The Bertz CT molecular complexity index is 1480. The van der Waals surface area contributed by atoms with Gasteiger partial charge in [-0.05, 0) is 80.4 Å². The molecule has 226 valence electrons. The number of rotatable bonds is 5. The van der Waals surface area contributed by atoms with E-state index in [9.17, 15) is 8.78 Å². The Kier molecular flexibility index (Phi) is 25.4. The quantitative estimate of drug-likeness (QED) is 0.0720. The van der Waals surface area contributed by atoms with Gasteiger partial charge in [-0.3, -0.25) is 4.79 Å². The molecule has 0 saturated carbocycles. The van der Waals surface area contributed by atoms with E-state index in [2.05, 4.69) is 36.7 Å². The maximum Gasteiger partial charge on any atom is 1.00 e. The Balaban J connectivity index is 0. The average molecular weight is 837 g/mol. The molecule has 0 saturated heterocycles. The van der Waals surface area contributed by atoms with Crippen LogP contribution in [0.15, 0.2) is 124 Å². The molecule has 0 atom stereocenters. The molecule has 14 heteroatoms. The van der Waals surface area contributed by atoms with Gasteiger partial charge in [0.25, 0.3) is 6.47 Å². The predicted molar refractivity (Wildman–Crippen MR) is 168 cm³/mol. The largest absolute Gasteiger partial charge is 1.00 e. The van der Waals surface area contributed by atoms with E-state index in [4.69, 9.17) is 47.8 Å². The maximum absolute atomic E-state index is 12.5. The molecule has 0 spiro atoms. The van der Waals surface area contributed by atoms with E-state index in [1.807, 2.05) is 66.7 Å². The predicted octanol–water partition coefficient (Wildman–Crippen LogP) is 4.02. The van der Waals surface area contributed by atoms with Crippen molar-refractivity contribution in [3.05, 3.63) is 146 Å². The van der Waals surface area contributed by atoms with Crippen LogP contribution in [0.3, 0.4) is 0 Å². The van der Waals surface area contributed by atoms with Crippen molar-refractivity contribution in [2.24, 2.45) is 0 Å². The van der Waals surface area contributed by atoms with Crippen LogP contribution in [0, 0.1) is 11.6 Å². The van der Waals surface area contributed by atoms with Gasteiger partial charge >= 0.3 is 103 Å². The molecule has 45 heavy (non-hydrogen) atoms. The number of phenols is 1. The second-order valence-electron chi connectivity index (χ2n) is 7.76. The van der Waals surface area contributed by atoms with Gasteiger partial charge in [-0.2, -0.15) is 0 Å². The summed E-state index contributed by atoms with van der Waals surface area (Å²) in [6.07, 6.45) is 0. The average Bonchev–Trinajstić information content (AvgIpc) is 3.00. The molecule has 0 aliphatic carbocycles. The van der Waals surface area contributed by atoms with Crippen LogP contribution < -0.4 is 118 Å². The first-order chi connectivity index (χ1) is 20.6. The number of hydrogen-bond acceptors (Lipinski definition) is 6. The third-order valence-corrected chi connectivity index (χ3v) is 6.63.